The molecule has 1 saturated heterocycles. The predicted molar refractivity (Wildman–Crippen MR) is 86.2 cm³/mol. The van der Waals surface area contributed by atoms with Crippen molar-refractivity contribution in [2.45, 2.75) is 37.1 Å². The second-order valence-electron chi connectivity index (χ2n) is 5.44. The number of hydrogen-bond acceptors (Lipinski definition) is 4. The van der Waals surface area contributed by atoms with Gasteiger partial charge in [-0.15, -0.1) is 0 Å². The van der Waals surface area contributed by atoms with E-state index in [1.54, 1.807) is 12.1 Å². The molecule has 1 aromatic rings. The van der Waals surface area contributed by atoms with Crippen molar-refractivity contribution in [1.82, 2.24) is 10.0 Å². The third-order valence-electron chi connectivity index (χ3n) is 3.89. The molecule has 5 nitrogen and oxygen atoms in total. The van der Waals surface area contributed by atoms with Gasteiger partial charge < -0.3 is 10.2 Å². The minimum Gasteiger partial charge on any atom is -0.370 e. The highest BCUT2D eigenvalue weighted by molar-refractivity contribution is 7.89. The predicted octanol–water partition coefficient (Wildman–Crippen LogP) is 1.56. The molecule has 0 bridgehead atoms. The third-order valence-corrected chi connectivity index (χ3v) is 5.32. The maximum atomic E-state index is 11.7. The minimum absolute atomic E-state index is 0.311. The second-order valence-corrected chi connectivity index (χ2v) is 7.33. The number of piperidine rings is 1. The van der Waals surface area contributed by atoms with Crippen molar-refractivity contribution in [2.24, 2.45) is 0 Å². The first-order valence-electron chi connectivity index (χ1n) is 7.58. The maximum Gasteiger partial charge on any atom is 0.240 e. The van der Waals surface area contributed by atoms with E-state index in [0.717, 1.165) is 38.2 Å². The summed E-state index contributed by atoms with van der Waals surface area (Å²) in [5.41, 5.74) is 1.09. The molecule has 0 aromatic heterocycles. The van der Waals surface area contributed by atoms with Gasteiger partial charge in [0.2, 0.25) is 10.0 Å². The maximum absolute atomic E-state index is 11.7. The van der Waals surface area contributed by atoms with Crippen LogP contribution in [0.15, 0.2) is 29.2 Å². The molecule has 2 N–H and O–H groups in total. The van der Waals surface area contributed by atoms with E-state index >= 15 is 0 Å². The highest BCUT2D eigenvalue weighted by Gasteiger charge is 2.20. The highest BCUT2D eigenvalue weighted by Crippen LogP contribution is 2.22. The Morgan fingerprint density at radius 3 is 2.62 bits per heavy atom. The van der Waals surface area contributed by atoms with Crippen molar-refractivity contribution in [1.29, 1.82) is 0 Å². The summed E-state index contributed by atoms with van der Waals surface area (Å²) in [6.07, 6.45) is 3.52. The Kier molecular flexibility index (Phi) is 5.61. The Labute approximate surface area is 127 Å². The van der Waals surface area contributed by atoms with E-state index in [9.17, 15) is 8.42 Å². The largest absolute Gasteiger partial charge is 0.370 e. The molecular weight excluding hydrogens is 286 g/mol. The molecule has 1 heterocycles. The summed E-state index contributed by atoms with van der Waals surface area (Å²) >= 11 is 0. The number of nitrogens with one attached hydrogen (secondary N) is 2. The summed E-state index contributed by atoms with van der Waals surface area (Å²) in [7, 11) is -1.92. The van der Waals surface area contributed by atoms with Crippen molar-refractivity contribution in [3.8, 4) is 0 Å². The number of sulfonamides is 1. The average Bonchev–Trinajstić information content (AvgIpc) is 2.53. The summed E-state index contributed by atoms with van der Waals surface area (Å²) in [5, 5.41) is 3.57. The van der Waals surface area contributed by atoms with E-state index in [0.29, 0.717) is 10.9 Å². The molecule has 118 valence electrons. The number of nitrogens with zero attached hydrogens (tertiary/aromatic N) is 1. The zero-order valence-electron chi connectivity index (χ0n) is 12.8. The lowest BCUT2D eigenvalue weighted by atomic mass is 10.0. The lowest BCUT2D eigenvalue weighted by Crippen LogP contribution is -2.46. The molecule has 1 aliphatic rings. The van der Waals surface area contributed by atoms with Gasteiger partial charge in [0.05, 0.1) is 4.90 Å². The van der Waals surface area contributed by atoms with Crippen molar-refractivity contribution >= 4 is 15.7 Å². The Bertz CT molecular complexity index is 543. The lowest BCUT2D eigenvalue weighted by molar-refractivity contribution is 0.423. The second kappa shape index (κ2) is 7.24. The molecule has 1 aromatic carbocycles. The fraction of sp³-hybridized carbons (Fsp3) is 0.600. The smallest absolute Gasteiger partial charge is 0.240 e. The van der Waals surface area contributed by atoms with Gasteiger partial charge in [0.15, 0.2) is 0 Å². The first kappa shape index (κ1) is 16.3. The summed E-state index contributed by atoms with van der Waals surface area (Å²) in [6.45, 7) is 5.24. The highest BCUT2D eigenvalue weighted by atomic mass is 32.2. The molecule has 0 spiro atoms. The summed E-state index contributed by atoms with van der Waals surface area (Å²) < 4.78 is 25.8. The molecular formula is C15H25N3O2S. The number of hydrogen-bond donors (Lipinski definition) is 2. The van der Waals surface area contributed by atoms with Crippen LogP contribution in [-0.2, 0) is 10.0 Å². The lowest BCUT2D eigenvalue weighted by Gasteiger charge is -2.35. The topological polar surface area (TPSA) is 61.4 Å². The number of benzene rings is 1. The van der Waals surface area contributed by atoms with E-state index in [2.05, 4.69) is 21.9 Å². The van der Waals surface area contributed by atoms with Crippen LogP contribution in [0.25, 0.3) is 0 Å². The van der Waals surface area contributed by atoms with Crippen LogP contribution in [0, 0.1) is 0 Å². The van der Waals surface area contributed by atoms with Crippen LogP contribution >= 0.6 is 0 Å². The Hall–Kier alpha value is -1.11. The van der Waals surface area contributed by atoms with Crippen LogP contribution < -0.4 is 14.9 Å². The summed E-state index contributed by atoms with van der Waals surface area (Å²) in [4.78, 5) is 2.64. The van der Waals surface area contributed by atoms with E-state index in [-0.39, 0.29) is 0 Å². The molecule has 0 radical (unpaired) electrons. The van der Waals surface area contributed by atoms with E-state index in [4.69, 9.17) is 0 Å². The summed E-state index contributed by atoms with van der Waals surface area (Å²) in [6, 6.07) is 7.66. The monoisotopic (exact) mass is 311 g/mol. The fourth-order valence-electron chi connectivity index (χ4n) is 2.68. The molecule has 1 aliphatic heterocycles. The van der Waals surface area contributed by atoms with Crippen molar-refractivity contribution < 1.29 is 8.42 Å². The Balaban J connectivity index is 2.04. The molecule has 6 heteroatoms. The first-order chi connectivity index (χ1) is 10.1. The SMILES string of the molecule is CCCNC1CCCN(c2ccc(S(=O)(=O)NC)cc2)C1. The molecule has 21 heavy (non-hydrogen) atoms. The van der Waals surface area contributed by atoms with Crippen LogP contribution in [0.3, 0.4) is 0 Å². The van der Waals surface area contributed by atoms with Gasteiger partial charge in [0.25, 0.3) is 0 Å². The number of anilines is 1. The van der Waals surface area contributed by atoms with Gasteiger partial charge in [0, 0.05) is 24.8 Å². The van der Waals surface area contributed by atoms with Crippen LogP contribution in [-0.4, -0.2) is 41.1 Å². The van der Waals surface area contributed by atoms with Gasteiger partial charge >= 0.3 is 0 Å². The third kappa shape index (κ3) is 4.18. The van der Waals surface area contributed by atoms with E-state index in [1.807, 2.05) is 12.1 Å². The van der Waals surface area contributed by atoms with Crippen molar-refractivity contribution in [3.63, 3.8) is 0 Å². The molecule has 0 amide bonds. The van der Waals surface area contributed by atoms with Crippen LogP contribution in [0.5, 0.6) is 0 Å². The zero-order valence-corrected chi connectivity index (χ0v) is 13.6. The molecule has 1 unspecified atom stereocenters. The quantitative estimate of drug-likeness (QED) is 0.837. The van der Waals surface area contributed by atoms with Gasteiger partial charge in [0.1, 0.15) is 0 Å². The van der Waals surface area contributed by atoms with Crippen LogP contribution in [0.4, 0.5) is 5.69 Å². The number of rotatable bonds is 6. The standard InChI is InChI=1S/C15H25N3O2S/c1-3-10-17-13-5-4-11-18(12-13)14-6-8-15(9-7-14)21(19,20)16-2/h6-9,13,16-17H,3-5,10-12H2,1-2H3. The van der Waals surface area contributed by atoms with E-state index in [1.165, 1.54) is 13.5 Å². The molecule has 1 atom stereocenters. The van der Waals surface area contributed by atoms with Gasteiger partial charge in [-0.3, -0.25) is 0 Å². The minimum atomic E-state index is -3.35. The average molecular weight is 311 g/mol. The molecule has 1 fully saturated rings. The van der Waals surface area contributed by atoms with Gasteiger partial charge in [-0.1, -0.05) is 6.92 Å². The van der Waals surface area contributed by atoms with Crippen molar-refractivity contribution in [2.75, 3.05) is 31.6 Å². The molecule has 0 aliphatic carbocycles. The van der Waals surface area contributed by atoms with Crippen molar-refractivity contribution in [3.05, 3.63) is 24.3 Å². The fourth-order valence-corrected chi connectivity index (χ4v) is 3.41. The Morgan fingerprint density at radius 2 is 2.00 bits per heavy atom. The van der Waals surface area contributed by atoms with Gasteiger partial charge in [-0.05, 0) is 57.1 Å². The van der Waals surface area contributed by atoms with Crippen LogP contribution in [0.1, 0.15) is 26.2 Å². The van der Waals surface area contributed by atoms with Gasteiger partial charge in [-0.2, -0.15) is 0 Å². The van der Waals surface area contributed by atoms with Gasteiger partial charge in [-0.25, -0.2) is 13.1 Å². The normalized spacial score (nSPS) is 19.7. The zero-order chi connectivity index (χ0) is 15.3. The molecule has 2 rings (SSSR count). The first-order valence-corrected chi connectivity index (χ1v) is 9.07. The van der Waals surface area contributed by atoms with Crippen LogP contribution in [0.2, 0.25) is 0 Å². The summed E-state index contributed by atoms with van der Waals surface area (Å²) in [5.74, 6) is 0. The Morgan fingerprint density at radius 1 is 1.29 bits per heavy atom. The molecule has 0 saturated carbocycles. The van der Waals surface area contributed by atoms with E-state index < -0.39 is 10.0 Å².